The van der Waals surface area contributed by atoms with E-state index in [-0.39, 0.29) is 15.7 Å². The number of carbonyl (C=O) groups is 2. The third kappa shape index (κ3) is 4.85. The molecule has 0 heterocycles. The minimum absolute atomic E-state index is 0.214. The van der Waals surface area contributed by atoms with Crippen LogP contribution in [0.3, 0.4) is 0 Å². The lowest BCUT2D eigenvalue weighted by Crippen LogP contribution is -2.32. The zero-order chi connectivity index (χ0) is 17.7. The van der Waals surface area contributed by atoms with Crippen molar-refractivity contribution in [2.75, 3.05) is 5.32 Å². The summed E-state index contributed by atoms with van der Waals surface area (Å²) in [6.07, 6.45) is 1.27. The number of halogens is 4. The second-order valence-electron chi connectivity index (χ2n) is 4.42. The highest BCUT2D eigenvalue weighted by atomic mass is 35.5. The van der Waals surface area contributed by atoms with Crippen molar-refractivity contribution in [3.8, 4) is 0 Å². The molecule has 0 saturated carbocycles. The molecule has 0 bridgehead atoms. The second-order valence-corrected chi connectivity index (χ2v) is 6.05. The Morgan fingerprint density at radius 1 is 0.958 bits per heavy atom. The van der Waals surface area contributed by atoms with Gasteiger partial charge in [0.15, 0.2) is 0 Å². The van der Waals surface area contributed by atoms with Gasteiger partial charge in [-0.1, -0.05) is 58.5 Å². The number of carbonyl (C=O) groups excluding carboxylic acids is 2. The molecule has 0 radical (unpaired) electrons. The molecular weight excluding hydrogens is 396 g/mol. The van der Waals surface area contributed by atoms with Crippen LogP contribution in [0.2, 0.25) is 20.1 Å². The highest BCUT2D eigenvalue weighted by molar-refractivity contribution is 6.43. The summed E-state index contributed by atoms with van der Waals surface area (Å²) in [7, 11) is 0. The molecule has 0 spiro atoms. The standard InChI is InChI=1S/C15H9Cl4N3O2/c16-9-4-5-10(17)12(6-9)21-14(23)15(24)22-20-7-8-2-1-3-11(18)13(8)19/h1-7H,(H,21,23)(H,22,24). The van der Waals surface area contributed by atoms with E-state index in [1.165, 1.54) is 18.3 Å². The van der Waals surface area contributed by atoms with Gasteiger partial charge in [0.2, 0.25) is 0 Å². The second kappa shape index (κ2) is 8.35. The maximum Gasteiger partial charge on any atom is 0.329 e. The molecule has 5 nitrogen and oxygen atoms in total. The third-order valence-corrected chi connectivity index (χ3v) is 4.13. The van der Waals surface area contributed by atoms with Crippen LogP contribution in [0.1, 0.15) is 5.56 Å². The number of benzene rings is 2. The van der Waals surface area contributed by atoms with Crippen LogP contribution in [0, 0.1) is 0 Å². The van der Waals surface area contributed by atoms with E-state index >= 15 is 0 Å². The first kappa shape index (κ1) is 18.5. The number of anilines is 1. The van der Waals surface area contributed by atoms with Crippen LogP contribution in [0.25, 0.3) is 0 Å². The number of hydrogen-bond donors (Lipinski definition) is 2. The monoisotopic (exact) mass is 403 g/mol. The largest absolute Gasteiger partial charge is 0.329 e. The van der Waals surface area contributed by atoms with Crippen LogP contribution < -0.4 is 10.7 Å². The highest BCUT2D eigenvalue weighted by Crippen LogP contribution is 2.25. The van der Waals surface area contributed by atoms with Crippen molar-refractivity contribution in [3.63, 3.8) is 0 Å². The van der Waals surface area contributed by atoms with Gasteiger partial charge in [-0.15, -0.1) is 0 Å². The molecule has 0 atom stereocenters. The summed E-state index contributed by atoms with van der Waals surface area (Å²) in [5.41, 5.74) is 2.78. The average molecular weight is 405 g/mol. The molecule has 124 valence electrons. The topological polar surface area (TPSA) is 70.6 Å². The van der Waals surface area contributed by atoms with Crippen molar-refractivity contribution in [1.29, 1.82) is 0 Å². The molecule has 2 rings (SSSR count). The molecule has 24 heavy (non-hydrogen) atoms. The fourth-order valence-electron chi connectivity index (χ4n) is 1.60. The number of rotatable bonds is 3. The summed E-state index contributed by atoms with van der Waals surface area (Å²) in [4.78, 5) is 23.5. The average Bonchev–Trinajstić information content (AvgIpc) is 2.54. The van der Waals surface area contributed by atoms with Crippen LogP contribution in [-0.2, 0) is 9.59 Å². The lowest BCUT2D eigenvalue weighted by atomic mass is 10.2. The minimum Gasteiger partial charge on any atom is -0.316 e. The van der Waals surface area contributed by atoms with Gasteiger partial charge >= 0.3 is 11.8 Å². The van der Waals surface area contributed by atoms with E-state index in [0.717, 1.165) is 0 Å². The minimum atomic E-state index is -0.986. The Balaban J connectivity index is 1.99. The van der Waals surface area contributed by atoms with E-state index in [0.29, 0.717) is 15.6 Å². The van der Waals surface area contributed by atoms with Gasteiger partial charge in [0.05, 0.1) is 27.0 Å². The maximum absolute atomic E-state index is 11.8. The predicted octanol–water partition coefficient (Wildman–Crippen LogP) is 4.39. The van der Waals surface area contributed by atoms with Gasteiger partial charge in [0.1, 0.15) is 0 Å². The zero-order valence-corrected chi connectivity index (χ0v) is 14.8. The van der Waals surface area contributed by atoms with Gasteiger partial charge in [-0.3, -0.25) is 9.59 Å². The van der Waals surface area contributed by atoms with Crippen molar-refractivity contribution in [2.24, 2.45) is 5.10 Å². The third-order valence-electron chi connectivity index (χ3n) is 2.73. The summed E-state index contributed by atoms with van der Waals surface area (Å²) in [5, 5.41) is 7.23. The highest BCUT2D eigenvalue weighted by Gasteiger charge is 2.14. The van der Waals surface area contributed by atoms with Crippen molar-refractivity contribution in [2.45, 2.75) is 0 Å². The Kier molecular flexibility index (Phi) is 6.45. The smallest absolute Gasteiger partial charge is 0.316 e. The fourth-order valence-corrected chi connectivity index (χ4v) is 2.30. The Morgan fingerprint density at radius 2 is 1.71 bits per heavy atom. The van der Waals surface area contributed by atoms with Gasteiger partial charge < -0.3 is 5.32 Å². The van der Waals surface area contributed by atoms with Gasteiger partial charge in [-0.25, -0.2) is 5.43 Å². The van der Waals surface area contributed by atoms with Crippen molar-refractivity contribution in [1.82, 2.24) is 5.43 Å². The Labute approximate surface area is 157 Å². The molecule has 0 aliphatic carbocycles. The molecule has 0 saturated heterocycles. The Morgan fingerprint density at radius 3 is 2.46 bits per heavy atom. The Bertz CT molecular complexity index is 824. The van der Waals surface area contributed by atoms with Gasteiger partial charge in [0, 0.05) is 10.6 Å². The first-order chi connectivity index (χ1) is 11.4. The number of nitrogens with one attached hydrogen (secondary N) is 2. The lowest BCUT2D eigenvalue weighted by Gasteiger charge is -2.06. The number of hydrogen-bond acceptors (Lipinski definition) is 3. The van der Waals surface area contributed by atoms with E-state index in [1.54, 1.807) is 24.3 Å². The molecule has 0 aromatic heterocycles. The summed E-state index contributed by atoms with van der Waals surface area (Å²) in [6.45, 7) is 0. The number of amides is 2. The molecule has 2 aromatic carbocycles. The predicted molar refractivity (Wildman–Crippen MR) is 97.3 cm³/mol. The van der Waals surface area contributed by atoms with E-state index in [9.17, 15) is 9.59 Å². The fraction of sp³-hybridized carbons (Fsp3) is 0. The molecule has 2 aromatic rings. The molecule has 9 heteroatoms. The molecule has 0 fully saturated rings. The van der Waals surface area contributed by atoms with E-state index < -0.39 is 11.8 Å². The molecule has 2 N–H and O–H groups in total. The lowest BCUT2D eigenvalue weighted by molar-refractivity contribution is -0.136. The van der Waals surface area contributed by atoms with Gasteiger partial charge in [-0.05, 0) is 24.3 Å². The van der Waals surface area contributed by atoms with Crippen molar-refractivity contribution >= 4 is 70.1 Å². The SMILES string of the molecule is O=C(NN=Cc1cccc(Cl)c1Cl)C(=O)Nc1cc(Cl)ccc1Cl. The van der Waals surface area contributed by atoms with Crippen LogP contribution in [-0.4, -0.2) is 18.0 Å². The van der Waals surface area contributed by atoms with Crippen LogP contribution in [0.5, 0.6) is 0 Å². The van der Waals surface area contributed by atoms with Gasteiger partial charge in [-0.2, -0.15) is 5.10 Å². The maximum atomic E-state index is 11.8. The van der Waals surface area contributed by atoms with Crippen LogP contribution >= 0.6 is 46.4 Å². The van der Waals surface area contributed by atoms with E-state index in [1.807, 2.05) is 0 Å². The summed E-state index contributed by atoms with van der Waals surface area (Å²) < 4.78 is 0. The zero-order valence-electron chi connectivity index (χ0n) is 11.8. The van der Waals surface area contributed by atoms with Crippen molar-refractivity contribution in [3.05, 3.63) is 62.1 Å². The van der Waals surface area contributed by atoms with Crippen molar-refractivity contribution < 1.29 is 9.59 Å². The molecule has 0 aliphatic rings. The number of hydrazone groups is 1. The molecular formula is C15H9Cl4N3O2. The quantitative estimate of drug-likeness (QED) is 0.452. The Hall–Kier alpha value is -1.79. The van der Waals surface area contributed by atoms with E-state index in [4.69, 9.17) is 46.4 Å². The first-order valence-corrected chi connectivity index (χ1v) is 7.93. The van der Waals surface area contributed by atoms with E-state index in [2.05, 4.69) is 15.8 Å². The molecule has 2 amide bonds. The number of nitrogens with zero attached hydrogens (tertiary/aromatic N) is 1. The summed E-state index contributed by atoms with van der Waals surface area (Å²) >= 11 is 23.5. The summed E-state index contributed by atoms with van der Waals surface area (Å²) in [5.74, 6) is -1.94. The first-order valence-electron chi connectivity index (χ1n) is 6.42. The molecule has 0 unspecified atom stereocenters. The van der Waals surface area contributed by atoms with Gasteiger partial charge in [0.25, 0.3) is 0 Å². The summed E-state index contributed by atoms with van der Waals surface area (Å²) in [6, 6.07) is 9.41. The normalized spacial score (nSPS) is 10.7. The molecule has 0 aliphatic heterocycles. The van der Waals surface area contributed by atoms with Crippen LogP contribution in [0.4, 0.5) is 5.69 Å². The van der Waals surface area contributed by atoms with Crippen LogP contribution in [0.15, 0.2) is 41.5 Å².